The van der Waals surface area contributed by atoms with Crippen molar-refractivity contribution in [1.29, 1.82) is 0 Å². The number of hydrogen-bond donors (Lipinski definition) is 1. The van der Waals surface area contributed by atoms with Gasteiger partial charge in [0.1, 0.15) is 24.1 Å². The molecule has 0 bridgehead atoms. The van der Waals surface area contributed by atoms with E-state index in [0.717, 1.165) is 18.2 Å². The van der Waals surface area contributed by atoms with E-state index in [9.17, 15) is 23.2 Å². The molecule has 12 heteroatoms. The van der Waals surface area contributed by atoms with Crippen molar-refractivity contribution in [2.45, 2.75) is 65.7 Å². The van der Waals surface area contributed by atoms with E-state index in [1.54, 1.807) is 6.92 Å². The Kier molecular flexibility index (Phi) is 11.9. The number of rotatable bonds is 14. The number of hydrogen-bond acceptors (Lipinski definition) is 9. The molecule has 2 aromatic rings. The maximum Gasteiger partial charge on any atom is 0.328 e. The lowest BCUT2D eigenvalue weighted by atomic mass is 9.93. The van der Waals surface area contributed by atoms with Crippen molar-refractivity contribution in [3.63, 3.8) is 0 Å². The van der Waals surface area contributed by atoms with Crippen molar-refractivity contribution in [3.05, 3.63) is 47.8 Å². The Bertz CT molecular complexity index is 1140. The van der Waals surface area contributed by atoms with Crippen LogP contribution in [0, 0.1) is 17.6 Å². The molecule has 3 atom stereocenters. The maximum atomic E-state index is 14.3. The van der Waals surface area contributed by atoms with E-state index in [0.29, 0.717) is 12.8 Å². The molecule has 214 valence electrons. The molecule has 2 rings (SSSR count). The molecule has 0 aliphatic heterocycles. The predicted molar refractivity (Wildman–Crippen MR) is 135 cm³/mol. The minimum Gasteiger partial charge on any atom is -0.493 e. The van der Waals surface area contributed by atoms with Crippen molar-refractivity contribution in [2.24, 2.45) is 5.92 Å². The molecule has 1 heterocycles. The summed E-state index contributed by atoms with van der Waals surface area (Å²) in [5.74, 6) is -3.95. The smallest absolute Gasteiger partial charge is 0.328 e. The first kappa shape index (κ1) is 31.3. The SMILES string of the molecule is CCC(CC)[C@@H](Oc1cc(F)ccc1F)[C@H](C)OC(=O)[C@H](C)NC(=O)c1nccc(OC)c1OCOC(C)=O. The van der Waals surface area contributed by atoms with E-state index in [1.165, 1.54) is 33.2 Å². The Hall–Kier alpha value is -3.96. The molecule has 1 aromatic carbocycles. The molecule has 0 saturated carbocycles. The highest BCUT2D eigenvalue weighted by Gasteiger charge is 2.32. The van der Waals surface area contributed by atoms with Crippen LogP contribution >= 0.6 is 0 Å². The quantitative estimate of drug-likeness (QED) is 0.271. The van der Waals surface area contributed by atoms with Crippen LogP contribution in [0.2, 0.25) is 0 Å². The van der Waals surface area contributed by atoms with Gasteiger partial charge < -0.3 is 29.0 Å². The molecule has 1 amide bonds. The van der Waals surface area contributed by atoms with Gasteiger partial charge >= 0.3 is 11.9 Å². The van der Waals surface area contributed by atoms with Gasteiger partial charge in [-0.1, -0.05) is 13.8 Å². The van der Waals surface area contributed by atoms with E-state index in [2.05, 4.69) is 10.3 Å². The minimum atomic E-state index is -1.14. The van der Waals surface area contributed by atoms with Gasteiger partial charge in [0, 0.05) is 25.3 Å². The van der Waals surface area contributed by atoms with Crippen LogP contribution in [-0.4, -0.2) is 55.0 Å². The van der Waals surface area contributed by atoms with Crippen LogP contribution in [0.5, 0.6) is 17.2 Å². The molecule has 1 aromatic heterocycles. The number of methoxy groups -OCH3 is 1. The van der Waals surface area contributed by atoms with Gasteiger partial charge in [0.15, 0.2) is 28.8 Å². The Balaban J connectivity index is 2.15. The summed E-state index contributed by atoms with van der Waals surface area (Å²) in [5.41, 5.74) is -0.214. The summed E-state index contributed by atoms with van der Waals surface area (Å²) in [7, 11) is 1.35. The highest BCUT2D eigenvalue weighted by Crippen LogP contribution is 2.30. The fourth-order valence-electron chi connectivity index (χ4n) is 3.78. The number of carbonyl (C=O) groups excluding carboxylic acids is 3. The van der Waals surface area contributed by atoms with E-state index >= 15 is 0 Å². The van der Waals surface area contributed by atoms with E-state index < -0.39 is 54.5 Å². The fourth-order valence-corrected chi connectivity index (χ4v) is 3.78. The van der Waals surface area contributed by atoms with Crippen LogP contribution in [0.15, 0.2) is 30.5 Å². The van der Waals surface area contributed by atoms with Gasteiger partial charge in [0.2, 0.25) is 6.79 Å². The third-order valence-electron chi connectivity index (χ3n) is 5.90. The first-order valence-electron chi connectivity index (χ1n) is 12.4. The second-order valence-corrected chi connectivity index (χ2v) is 8.66. The van der Waals surface area contributed by atoms with Gasteiger partial charge in [-0.15, -0.1) is 0 Å². The maximum absolute atomic E-state index is 14.3. The summed E-state index contributed by atoms with van der Waals surface area (Å²) in [6, 6.07) is 3.18. The van der Waals surface area contributed by atoms with Gasteiger partial charge in [0.05, 0.1) is 7.11 Å². The summed E-state index contributed by atoms with van der Waals surface area (Å²) in [6.45, 7) is 7.51. The van der Waals surface area contributed by atoms with Crippen LogP contribution in [0.4, 0.5) is 8.78 Å². The van der Waals surface area contributed by atoms with Crippen LogP contribution in [0.3, 0.4) is 0 Å². The standard InChI is InChI=1S/C27H34F2N2O8/c1-7-18(8-2)24(39-22-13-19(28)9-10-20(22)29)16(4)38-27(34)15(3)31-26(33)23-25(37-14-36-17(5)32)21(35-6)11-12-30-23/h9-13,15-16,18,24H,7-8,14H2,1-6H3,(H,31,33)/t15-,16-,24-/m0/s1. The summed E-state index contributed by atoms with van der Waals surface area (Å²) in [5, 5.41) is 2.48. The molecule has 0 unspecified atom stereocenters. The zero-order valence-corrected chi connectivity index (χ0v) is 22.8. The van der Waals surface area contributed by atoms with E-state index in [1.807, 2.05) is 13.8 Å². The molecule has 10 nitrogen and oxygen atoms in total. The van der Waals surface area contributed by atoms with Crippen molar-refractivity contribution >= 4 is 17.8 Å². The van der Waals surface area contributed by atoms with Crippen molar-refractivity contribution in [2.75, 3.05) is 13.9 Å². The lowest BCUT2D eigenvalue weighted by molar-refractivity contribution is -0.156. The number of amides is 1. The number of pyridine rings is 1. The van der Waals surface area contributed by atoms with Gasteiger partial charge in [-0.2, -0.15) is 0 Å². The summed E-state index contributed by atoms with van der Waals surface area (Å²) < 4.78 is 54.7. The Labute approximate surface area is 225 Å². The molecule has 0 fully saturated rings. The molecular weight excluding hydrogens is 518 g/mol. The van der Waals surface area contributed by atoms with Crippen LogP contribution in [0.1, 0.15) is 57.9 Å². The number of esters is 2. The third-order valence-corrected chi connectivity index (χ3v) is 5.90. The average Bonchev–Trinajstić information content (AvgIpc) is 2.90. The Morgan fingerprint density at radius 3 is 2.36 bits per heavy atom. The number of ether oxygens (including phenoxy) is 5. The van der Waals surface area contributed by atoms with E-state index in [-0.39, 0.29) is 28.9 Å². The Morgan fingerprint density at radius 2 is 1.74 bits per heavy atom. The van der Waals surface area contributed by atoms with Crippen LogP contribution in [0.25, 0.3) is 0 Å². The lowest BCUT2D eigenvalue weighted by Crippen LogP contribution is -2.45. The second kappa shape index (κ2) is 14.8. The number of nitrogens with zero attached hydrogens (tertiary/aromatic N) is 1. The van der Waals surface area contributed by atoms with Gasteiger partial charge in [0.25, 0.3) is 5.91 Å². The Morgan fingerprint density at radius 1 is 1.05 bits per heavy atom. The molecule has 0 aliphatic rings. The molecule has 39 heavy (non-hydrogen) atoms. The summed E-state index contributed by atoms with van der Waals surface area (Å²) in [6.07, 6.45) is 0.903. The van der Waals surface area contributed by atoms with Crippen LogP contribution < -0.4 is 19.5 Å². The summed E-state index contributed by atoms with van der Waals surface area (Å²) in [4.78, 5) is 40.9. The number of benzene rings is 1. The lowest BCUT2D eigenvalue weighted by Gasteiger charge is -2.31. The summed E-state index contributed by atoms with van der Waals surface area (Å²) >= 11 is 0. The van der Waals surface area contributed by atoms with E-state index in [4.69, 9.17) is 23.7 Å². The van der Waals surface area contributed by atoms with Crippen LogP contribution in [-0.2, 0) is 19.1 Å². The van der Waals surface area contributed by atoms with Crippen molar-refractivity contribution in [3.8, 4) is 17.2 Å². The zero-order chi connectivity index (χ0) is 29.1. The second-order valence-electron chi connectivity index (χ2n) is 8.66. The number of halogens is 2. The van der Waals surface area contributed by atoms with Gasteiger partial charge in [-0.05, 0) is 44.7 Å². The average molecular weight is 553 g/mol. The number of aromatic nitrogens is 1. The molecule has 0 aliphatic carbocycles. The molecule has 0 radical (unpaired) electrons. The normalized spacial score (nSPS) is 13.2. The van der Waals surface area contributed by atoms with Crippen molar-refractivity contribution < 1.29 is 46.8 Å². The van der Waals surface area contributed by atoms with Crippen molar-refractivity contribution in [1.82, 2.24) is 10.3 Å². The monoisotopic (exact) mass is 552 g/mol. The van der Waals surface area contributed by atoms with Gasteiger partial charge in [-0.25, -0.2) is 18.6 Å². The van der Waals surface area contributed by atoms with Gasteiger partial charge in [-0.3, -0.25) is 9.59 Å². The zero-order valence-electron chi connectivity index (χ0n) is 22.8. The minimum absolute atomic E-state index is 0.0907. The molecule has 1 N–H and O–H groups in total. The first-order valence-corrected chi connectivity index (χ1v) is 12.4. The largest absolute Gasteiger partial charge is 0.493 e. The molecular formula is C27H34F2N2O8. The predicted octanol–water partition coefficient (Wildman–Crippen LogP) is 4.20. The number of carbonyl (C=O) groups is 3. The first-order chi connectivity index (χ1) is 18.5. The molecule has 0 spiro atoms. The highest BCUT2D eigenvalue weighted by atomic mass is 19.1. The molecule has 0 saturated heterocycles. The topological polar surface area (TPSA) is 122 Å². The number of nitrogens with one attached hydrogen (secondary N) is 1. The third kappa shape index (κ3) is 8.79. The fraction of sp³-hybridized carbons (Fsp3) is 0.481. The highest BCUT2D eigenvalue weighted by molar-refractivity contribution is 5.98.